The van der Waals surface area contributed by atoms with Gasteiger partial charge in [-0.1, -0.05) is 11.6 Å². The highest BCUT2D eigenvalue weighted by Gasteiger charge is 2.06. The summed E-state index contributed by atoms with van der Waals surface area (Å²) in [5.41, 5.74) is 9.08. The van der Waals surface area contributed by atoms with Crippen molar-refractivity contribution in [1.82, 2.24) is 4.98 Å². The summed E-state index contributed by atoms with van der Waals surface area (Å²) in [6, 6.07) is 3.43. The number of aromatic nitrogens is 1. The van der Waals surface area contributed by atoms with Crippen LogP contribution in [0.5, 0.6) is 0 Å². The Bertz CT molecular complexity index is 427. The molecule has 0 aliphatic carbocycles. The van der Waals surface area contributed by atoms with Crippen molar-refractivity contribution in [2.45, 2.75) is 6.92 Å². The fourth-order valence-corrected chi connectivity index (χ4v) is 1.11. The summed E-state index contributed by atoms with van der Waals surface area (Å²) < 4.78 is 0. The van der Waals surface area contributed by atoms with E-state index in [9.17, 15) is 0 Å². The average Bonchev–Trinajstić information content (AvgIpc) is 2.04. The van der Waals surface area contributed by atoms with E-state index in [1.807, 2.05) is 6.07 Å². The van der Waals surface area contributed by atoms with E-state index in [2.05, 4.69) is 15.0 Å². The van der Waals surface area contributed by atoms with Gasteiger partial charge in [-0.2, -0.15) is 5.26 Å². The molecule has 1 rings (SSSR count). The number of nitrogens with zero attached hydrogens (tertiary/aromatic N) is 5. The van der Waals surface area contributed by atoms with Crippen molar-refractivity contribution >= 4 is 17.4 Å². The Morgan fingerprint density at radius 1 is 1.77 bits per heavy atom. The molecule has 0 unspecified atom stereocenters. The van der Waals surface area contributed by atoms with Gasteiger partial charge in [-0.05, 0) is 29.2 Å². The predicted molar refractivity (Wildman–Crippen MR) is 47.5 cm³/mol. The van der Waals surface area contributed by atoms with E-state index in [0.29, 0.717) is 5.56 Å². The molecule has 0 amide bonds. The minimum atomic E-state index is 0.0231. The lowest BCUT2D eigenvalue weighted by Gasteiger charge is -1.99. The van der Waals surface area contributed by atoms with Gasteiger partial charge < -0.3 is 0 Å². The SMILES string of the molecule is Cc1cc(Cl)nc(N=[N+]=[N-])c1C#N. The number of hydrogen-bond acceptors (Lipinski definition) is 3. The largest absolute Gasteiger partial charge is 0.233 e. The summed E-state index contributed by atoms with van der Waals surface area (Å²) in [6.45, 7) is 1.70. The molecule has 0 atom stereocenters. The monoisotopic (exact) mass is 193 g/mol. The Labute approximate surface area is 79.2 Å². The summed E-state index contributed by atoms with van der Waals surface area (Å²) in [7, 11) is 0. The normalized spacial score (nSPS) is 8.69. The van der Waals surface area contributed by atoms with Crippen LogP contribution in [-0.2, 0) is 0 Å². The lowest BCUT2D eigenvalue weighted by Crippen LogP contribution is -1.87. The Kier molecular flexibility index (Phi) is 2.70. The molecule has 0 radical (unpaired) electrons. The summed E-state index contributed by atoms with van der Waals surface area (Å²) in [5, 5.41) is 12.2. The van der Waals surface area contributed by atoms with Crippen LogP contribution < -0.4 is 0 Å². The van der Waals surface area contributed by atoms with Crippen molar-refractivity contribution in [3.05, 3.63) is 32.8 Å². The van der Waals surface area contributed by atoms with Crippen molar-refractivity contribution in [2.24, 2.45) is 5.11 Å². The van der Waals surface area contributed by atoms with Crippen molar-refractivity contribution in [1.29, 1.82) is 5.26 Å². The van der Waals surface area contributed by atoms with Crippen LogP contribution in [0.3, 0.4) is 0 Å². The first-order valence-corrected chi connectivity index (χ1v) is 3.69. The highest BCUT2D eigenvalue weighted by atomic mass is 35.5. The van der Waals surface area contributed by atoms with Crippen LogP contribution in [0.1, 0.15) is 11.1 Å². The highest BCUT2D eigenvalue weighted by molar-refractivity contribution is 6.29. The van der Waals surface area contributed by atoms with Gasteiger partial charge in [-0.25, -0.2) is 4.98 Å². The maximum Gasteiger partial charge on any atom is 0.146 e. The molecule has 1 heterocycles. The lowest BCUT2D eigenvalue weighted by atomic mass is 10.1. The maximum atomic E-state index is 8.70. The topological polar surface area (TPSA) is 85.4 Å². The van der Waals surface area contributed by atoms with Crippen molar-refractivity contribution in [3.63, 3.8) is 0 Å². The van der Waals surface area contributed by atoms with E-state index in [4.69, 9.17) is 22.4 Å². The van der Waals surface area contributed by atoms with Crippen molar-refractivity contribution in [2.75, 3.05) is 0 Å². The standard InChI is InChI=1S/C7H4ClN5/c1-4-2-6(8)11-7(12-13-10)5(4)3-9/h2H,1H3. The zero-order valence-electron chi connectivity index (χ0n) is 6.69. The van der Waals surface area contributed by atoms with E-state index in [1.165, 1.54) is 6.07 Å². The molecular formula is C7H4ClN5. The molecule has 0 saturated heterocycles. The molecule has 0 aromatic carbocycles. The van der Waals surface area contributed by atoms with E-state index in [-0.39, 0.29) is 16.5 Å². The third kappa shape index (κ3) is 1.88. The van der Waals surface area contributed by atoms with E-state index < -0.39 is 0 Å². The number of pyridine rings is 1. The van der Waals surface area contributed by atoms with Gasteiger partial charge in [-0.15, -0.1) is 0 Å². The number of nitriles is 1. The van der Waals surface area contributed by atoms with Gasteiger partial charge in [0, 0.05) is 4.91 Å². The minimum Gasteiger partial charge on any atom is -0.233 e. The molecule has 6 heteroatoms. The molecular weight excluding hydrogens is 190 g/mol. The zero-order valence-corrected chi connectivity index (χ0v) is 7.45. The molecule has 0 aliphatic rings. The first-order chi connectivity index (χ1) is 6.19. The quantitative estimate of drug-likeness (QED) is 0.297. The smallest absolute Gasteiger partial charge is 0.146 e. The number of azide groups is 1. The Balaban J connectivity index is 3.49. The molecule has 0 spiro atoms. The Morgan fingerprint density at radius 3 is 3.00 bits per heavy atom. The van der Waals surface area contributed by atoms with Gasteiger partial charge in [0.25, 0.3) is 0 Å². The van der Waals surface area contributed by atoms with Gasteiger partial charge in [0.15, 0.2) is 0 Å². The molecule has 64 valence electrons. The van der Waals surface area contributed by atoms with Gasteiger partial charge in [0.1, 0.15) is 17.0 Å². The van der Waals surface area contributed by atoms with E-state index >= 15 is 0 Å². The van der Waals surface area contributed by atoms with Crippen LogP contribution in [0.4, 0.5) is 5.82 Å². The Hall–Kier alpha value is -1.76. The third-order valence-electron chi connectivity index (χ3n) is 1.42. The van der Waals surface area contributed by atoms with Crippen LogP contribution >= 0.6 is 11.6 Å². The number of aryl methyl sites for hydroxylation is 1. The van der Waals surface area contributed by atoms with Crippen molar-refractivity contribution < 1.29 is 0 Å². The molecule has 13 heavy (non-hydrogen) atoms. The minimum absolute atomic E-state index is 0.0231. The number of hydrogen-bond donors (Lipinski definition) is 0. The highest BCUT2D eigenvalue weighted by Crippen LogP contribution is 2.22. The third-order valence-corrected chi connectivity index (χ3v) is 1.61. The van der Waals surface area contributed by atoms with E-state index in [0.717, 1.165) is 0 Å². The number of halogens is 1. The Morgan fingerprint density at radius 2 is 2.46 bits per heavy atom. The zero-order chi connectivity index (χ0) is 9.84. The second kappa shape index (κ2) is 3.76. The molecule has 0 fully saturated rings. The van der Waals surface area contributed by atoms with Crippen LogP contribution in [0, 0.1) is 18.3 Å². The van der Waals surface area contributed by atoms with Gasteiger partial charge >= 0.3 is 0 Å². The van der Waals surface area contributed by atoms with Crippen LogP contribution in [0.25, 0.3) is 10.4 Å². The molecule has 1 aromatic rings. The molecule has 0 bridgehead atoms. The van der Waals surface area contributed by atoms with E-state index in [1.54, 1.807) is 6.92 Å². The summed E-state index contributed by atoms with van der Waals surface area (Å²) >= 11 is 5.61. The fraction of sp³-hybridized carbons (Fsp3) is 0.143. The number of rotatable bonds is 1. The molecule has 0 saturated carbocycles. The average molecular weight is 194 g/mol. The maximum absolute atomic E-state index is 8.70. The molecule has 0 aliphatic heterocycles. The first kappa shape index (κ1) is 9.33. The second-order valence-electron chi connectivity index (χ2n) is 2.26. The fourth-order valence-electron chi connectivity index (χ4n) is 0.869. The summed E-state index contributed by atoms with van der Waals surface area (Å²) in [4.78, 5) is 6.27. The molecule has 1 aromatic heterocycles. The van der Waals surface area contributed by atoms with Crippen molar-refractivity contribution in [3.8, 4) is 6.07 Å². The molecule has 0 N–H and O–H groups in total. The summed E-state index contributed by atoms with van der Waals surface area (Å²) in [5.74, 6) is 0.0231. The van der Waals surface area contributed by atoms with Crippen LogP contribution in [-0.4, -0.2) is 4.98 Å². The van der Waals surface area contributed by atoms with Gasteiger partial charge in [0.05, 0.1) is 5.56 Å². The van der Waals surface area contributed by atoms with Gasteiger partial charge in [0.2, 0.25) is 0 Å². The van der Waals surface area contributed by atoms with Crippen LogP contribution in [0.15, 0.2) is 11.2 Å². The second-order valence-corrected chi connectivity index (χ2v) is 2.65. The van der Waals surface area contributed by atoms with Crippen LogP contribution in [0.2, 0.25) is 5.15 Å². The molecule has 5 nitrogen and oxygen atoms in total. The van der Waals surface area contributed by atoms with Gasteiger partial charge in [-0.3, -0.25) is 0 Å². The summed E-state index contributed by atoms with van der Waals surface area (Å²) in [6.07, 6.45) is 0. The lowest BCUT2D eigenvalue weighted by molar-refractivity contribution is 1.21. The predicted octanol–water partition coefficient (Wildman–Crippen LogP) is 2.86. The first-order valence-electron chi connectivity index (χ1n) is 3.31.